The predicted molar refractivity (Wildman–Crippen MR) is 90.3 cm³/mol. The van der Waals surface area contributed by atoms with Gasteiger partial charge < -0.3 is 4.90 Å². The summed E-state index contributed by atoms with van der Waals surface area (Å²) in [6.07, 6.45) is 3.87. The molecule has 2 aromatic rings. The van der Waals surface area contributed by atoms with Crippen molar-refractivity contribution >= 4 is 29.4 Å². The Hall–Kier alpha value is -1.77. The lowest BCUT2D eigenvalue weighted by Gasteiger charge is -2.02. The zero-order chi connectivity index (χ0) is 15.2. The molecule has 5 heteroatoms. The smallest absolute Gasteiger partial charge is 0.129 e. The molecule has 21 heavy (non-hydrogen) atoms. The van der Waals surface area contributed by atoms with E-state index < -0.39 is 0 Å². The van der Waals surface area contributed by atoms with E-state index >= 15 is 0 Å². The van der Waals surface area contributed by atoms with Crippen LogP contribution in [0.2, 0.25) is 0 Å². The maximum Gasteiger partial charge on any atom is 0.129 e. The third-order valence-electron chi connectivity index (χ3n) is 2.82. The molecule has 1 aromatic heterocycles. The van der Waals surface area contributed by atoms with E-state index in [9.17, 15) is 5.26 Å². The fraction of sp³-hybridized carbons (Fsp3) is 0.250. The van der Waals surface area contributed by atoms with Crippen molar-refractivity contribution in [2.45, 2.75) is 17.7 Å². The van der Waals surface area contributed by atoms with E-state index in [1.807, 2.05) is 31.3 Å². The molecule has 0 aliphatic carbocycles. The van der Waals surface area contributed by atoms with Gasteiger partial charge in [-0.05, 0) is 30.1 Å². The van der Waals surface area contributed by atoms with Gasteiger partial charge in [0.25, 0.3) is 0 Å². The molecular weight excluding hydrogens is 298 g/mol. The highest BCUT2D eigenvalue weighted by Crippen LogP contribution is 2.30. The summed E-state index contributed by atoms with van der Waals surface area (Å²) >= 11 is 2.99. The molecule has 0 saturated heterocycles. The number of rotatable bonds is 5. The molecule has 0 saturated carbocycles. The normalized spacial score (nSPS) is 10.8. The minimum Gasteiger partial charge on any atom is -0.383 e. The molecule has 1 heterocycles. The Morgan fingerprint density at radius 2 is 2.05 bits per heavy atom. The van der Waals surface area contributed by atoms with Gasteiger partial charge in [-0.15, -0.1) is 0 Å². The fourth-order valence-electron chi connectivity index (χ4n) is 1.66. The average molecular weight is 315 g/mol. The molecule has 0 aliphatic heterocycles. The molecule has 0 N–H and O–H groups in total. The van der Waals surface area contributed by atoms with Gasteiger partial charge in [0.2, 0.25) is 0 Å². The van der Waals surface area contributed by atoms with Gasteiger partial charge in [0.05, 0.1) is 4.88 Å². The zero-order valence-electron chi connectivity index (χ0n) is 12.3. The van der Waals surface area contributed by atoms with E-state index in [-0.39, 0.29) is 0 Å². The first-order chi connectivity index (χ1) is 10.1. The van der Waals surface area contributed by atoms with Crippen molar-refractivity contribution in [2.75, 3.05) is 14.1 Å². The van der Waals surface area contributed by atoms with Crippen LogP contribution < -0.4 is 0 Å². The summed E-state index contributed by atoms with van der Waals surface area (Å²) < 4.78 is 4.41. The molecule has 3 nitrogen and oxygen atoms in total. The summed E-state index contributed by atoms with van der Waals surface area (Å²) in [6.45, 7) is 2.08. The lowest BCUT2D eigenvalue weighted by atomic mass is 10.2. The Bertz CT molecular complexity index is 664. The number of hydrogen-bond donors (Lipinski definition) is 0. The van der Waals surface area contributed by atoms with Gasteiger partial charge in [0.15, 0.2) is 0 Å². The lowest BCUT2D eigenvalue weighted by Crippen LogP contribution is -1.99. The molecule has 0 atom stereocenters. The average Bonchev–Trinajstić information content (AvgIpc) is 2.86. The Kier molecular flexibility index (Phi) is 5.43. The maximum absolute atomic E-state index is 9.34. The number of thioether (sulfide) groups is 1. The predicted octanol–water partition coefficient (Wildman–Crippen LogP) is 4.15. The summed E-state index contributed by atoms with van der Waals surface area (Å²) in [5.41, 5.74) is 3.18. The summed E-state index contributed by atoms with van der Waals surface area (Å²) in [5.74, 6) is 0.829. The van der Waals surface area contributed by atoms with E-state index in [0.717, 1.165) is 15.7 Å². The van der Waals surface area contributed by atoms with Crippen molar-refractivity contribution in [3.05, 3.63) is 52.0 Å². The third-order valence-corrected chi connectivity index (χ3v) is 4.79. The van der Waals surface area contributed by atoms with Crippen molar-refractivity contribution < 1.29 is 0 Å². The second-order valence-corrected chi connectivity index (χ2v) is 6.66. The second-order valence-electron chi connectivity index (χ2n) is 4.89. The first-order valence-corrected chi connectivity index (χ1v) is 8.29. The van der Waals surface area contributed by atoms with Crippen LogP contribution in [-0.2, 0) is 5.75 Å². The van der Waals surface area contributed by atoms with Crippen LogP contribution in [0.25, 0.3) is 6.08 Å². The monoisotopic (exact) mass is 315 g/mol. The fourth-order valence-corrected chi connectivity index (χ4v) is 3.47. The minimum atomic E-state index is 0.676. The quantitative estimate of drug-likeness (QED) is 0.777. The topological polar surface area (TPSA) is 39.9 Å². The highest BCUT2D eigenvalue weighted by molar-refractivity contribution is 7.98. The zero-order valence-corrected chi connectivity index (χ0v) is 14.0. The number of benzene rings is 1. The number of hydrogen-bond acceptors (Lipinski definition) is 5. The number of aromatic nitrogens is 1. The van der Waals surface area contributed by atoms with Crippen LogP contribution in [0.4, 0.5) is 0 Å². The first kappa shape index (κ1) is 15.6. The van der Waals surface area contributed by atoms with Crippen molar-refractivity contribution in [2.24, 2.45) is 0 Å². The molecule has 0 aliphatic rings. The highest BCUT2D eigenvalue weighted by atomic mass is 32.2. The molecule has 1 aromatic carbocycles. The van der Waals surface area contributed by atoms with Crippen molar-refractivity contribution in [1.82, 2.24) is 9.27 Å². The number of aryl methyl sites for hydroxylation is 1. The highest BCUT2D eigenvalue weighted by Gasteiger charge is 2.12. The van der Waals surface area contributed by atoms with Crippen LogP contribution in [0.3, 0.4) is 0 Å². The molecular formula is C16H17N3S2. The van der Waals surface area contributed by atoms with E-state index in [1.165, 1.54) is 22.7 Å². The summed E-state index contributed by atoms with van der Waals surface area (Å²) in [6, 6.07) is 10.7. The van der Waals surface area contributed by atoms with E-state index in [1.54, 1.807) is 11.8 Å². The van der Waals surface area contributed by atoms with Gasteiger partial charge >= 0.3 is 0 Å². The van der Waals surface area contributed by atoms with Gasteiger partial charge in [-0.1, -0.05) is 41.6 Å². The second kappa shape index (κ2) is 7.30. The van der Waals surface area contributed by atoms with Crippen LogP contribution in [0.15, 0.2) is 35.5 Å². The third kappa shape index (κ3) is 4.35. The van der Waals surface area contributed by atoms with Crippen LogP contribution in [0.1, 0.15) is 21.6 Å². The molecule has 0 fully saturated rings. The first-order valence-electron chi connectivity index (χ1n) is 6.53. The number of nitrogens with zero attached hydrogens (tertiary/aromatic N) is 3. The standard InChI is InChI=1S/C16H17N3S2/c1-12-4-6-13(7-5-12)11-20-16-14(10-17)15(21-18-16)8-9-19(2)3/h4-9H,11H2,1-3H3/b9-8+. The summed E-state index contributed by atoms with van der Waals surface area (Å²) in [7, 11) is 3.91. The van der Waals surface area contributed by atoms with Gasteiger partial charge in [0.1, 0.15) is 16.7 Å². The number of nitriles is 1. The molecule has 0 radical (unpaired) electrons. The Labute approximate surface area is 134 Å². The van der Waals surface area contributed by atoms with Gasteiger partial charge in [-0.3, -0.25) is 0 Å². The molecule has 0 amide bonds. The Morgan fingerprint density at radius 3 is 2.67 bits per heavy atom. The van der Waals surface area contributed by atoms with Crippen LogP contribution in [-0.4, -0.2) is 23.4 Å². The van der Waals surface area contributed by atoms with E-state index in [0.29, 0.717) is 5.56 Å². The van der Waals surface area contributed by atoms with Crippen LogP contribution >= 0.6 is 23.3 Å². The minimum absolute atomic E-state index is 0.676. The van der Waals surface area contributed by atoms with Crippen molar-refractivity contribution in [3.8, 4) is 6.07 Å². The van der Waals surface area contributed by atoms with Gasteiger partial charge in [0, 0.05) is 26.0 Å². The van der Waals surface area contributed by atoms with Crippen molar-refractivity contribution in [1.29, 1.82) is 5.26 Å². The molecule has 108 valence electrons. The van der Waals surface area contributed by atoms with Gasteiger partial charge in [-0.2, -0.15) is 9.64 Å². The Balaban J connectivity index is 2.10. The molecule has 0 bridgehead atoms. The van der Waals surface area contributed by atoms with Crippen molar-refractivity contribution in [3.63, 3.8) is 0 Å². The van der Waals surface area contributed by atoms with Crippen LogP contribution in [0.5, 0.6) is 0 Å². The van der Waals surface area contributed by atoms with E-state index in [2.05, 4.69) is 41.6 Å². The molecule has 0 unspecified atom stereocenters. The van der Waals surface area contributed by atoms with Crippen LogP contribution in [0, 0.1) is 18.3 Å². The van der Waals surface area contributed by atoms with E-state index in [4.69, 9.17) is 0 Å². The lowest BCUT2D eigenvalue weighted by molar-refractivity contribution is 0.567. The van der Waals surface area contributed by atoms with Gasteiger partial charge in [-0.25, -0.2) is 0 Å². The summed E-state index contributed by atoms with van der Waals surface area (Å²) in [5, 5.41) is 10.2. The molecule has 0 spiro atoms. The Morgan fingerprint density at radius 1 is 1.33 bits per heavy atom. The maximum atomic E-state index is 9.34. The SMILES string of the molecule is Cc1ccc(CSc2nsc(/C=C/N(C)C)c2C#N)cc1. The summed E-state index contributed by atoms with van der Waals surface area (Å²) in [4.78, 5) is 2.86. The molecule has 2 rings (SSSR count). The largest absolute Gasteiger partial charge is 0.383 e.